The minimum Gasteiger partial charge on any atom is -0.510 e. The smallest absolute Gasteiger partial charge is 0.510 e. The van der Waals surface area contributed by atoms with Gasteiger partial charge in [0.15, 0.2) is 0 Å². The molecule has 0 unspecified atom stereocenters. The van der Waals surface area contributed by atoms with Crippen molar-refractivity contribution in [2.45, 2.75) is 0 Å². The SMILES string of the molecule is CN1C=CN(c2ccccc2N2C=CN(C)[CH-]2)[CH-]1.[Ir+3].[c-]1ccccc1-c1ccccn1. The molecule has 158 valence electrons. The third-order valence-electron chi connectivity index (χ3n) is 4.63. The molecule has 0 atom stereocenters. The van der Waals surface area contributed by atoms with Crippen LogP contribution in [0.5, 0.6) is 0 Å². The van der Waals surface area contributed by atoms with Crippen molar-refractivity contribution in [2.24, 2.45) is 0 Å². The maximum Gasteiger partial charge on any atom is 3.00 e. The monoisotopic (exact) mass is 587 g/mol. The van der Waals surface area contributed by atoms with Crippen LogP contribution in [0.25, 0.3) is 11.3 Å². The van der Waals surface area contributed by atoms with Crippen molar-refractivity contribution in [1.82, 2.24) is 14.8 Å². The second-order valence-corrected chi connectivity index (χ2v) is 6.95. The molecule has 3 aromatic rings. The van der Waals surface area contributed by atoms with Crippen molar-refractivity contribution in [2.75, 3.05) is 23.9 Å². The molecule has 0 saturated carbocycles. The maximum atomic E-state index is 4.22. The molecule has 0 bridgehead atoms. The summed E-state index contributed by atoms with van der Waals surface area (Å²) in [5.41, 5.74) is 4.33. The van der Waals surface area contributed by atoms with Gasteiger partial charge in [0.25, 0.3) is 0 Å². The predicted molar refractivity (Wildman–Crippen MR) is 122 cm³/mol. The molecule has 0 N–H and O–H groups in total. The molecule has 2 aromatic carbocycles. The summed E-state index contributed by atoms with van der Waals surface area (Å²) in [6, 6.07) is 25.2. The second-order valence-electron chi connectivity index (χ2n) is 6.95. The van der Waals surface area contributed by atoms with E-state index in [-0.39, 0.29) is 20.1 Å². The second kappa shape index (κ2) is 10.8. The van der Waals surface area contributed by atoms with Crippen LogP contribution in [0.2, 0.25) is 0 Å². The number of pyridine rings is 1. The summed E-state index contributed by atoms with van der Waals surface area (Å²) >= 11 is 0. The third-order valence-corrected chi connectivity index (χ3v) is 4.63. The standard InChI is InChI=1S/C14H16N4.C11H8N.Ir/c1-15-7-9-17(11-15)13-5-3-4-6-14(13)18-10-8-16(2)12-18;1-2-6-10(7-3-1)11-8-4-5-9-12-11;/h3-12H,1-2H3;1-6,8-9H;/q-2;-1;+3. The van der Waals surface area contributed by atoms with E-state index in [1.165, 1.54) is 0 Å². The van der Waals surface area contributed by atoms with Crippen LogP contribution in [0.1, 0.15) is 0 Å². The summed E-state index contributed by atoms with van der Waals surface area (Å²) in [4.78, 5) is 12.5. The Labute approximate surface area is 198 Å². The molecule has 31 heavy (non-hydrogen) atoms. The summed E-state index contributed by atoms with van der Waals surface area (Å²) < 4.78 is 0. The van der Waals surface area contributed by atoms with Crippen LogP contribution in [0.15, 0.2) is 97.7 Å². The van der Waals surface area contributed by atoms with Crippen LogP contribution in [0.4, 0.5) is 11.4 Å². The summed E-state index contributed by atoms with van der Waals surface area (Å²) in [7, 11) is 4.05. The fraction of sp³-hybridized carbons (Fsp3) is 0.0800. The molecule has 0 saturated heterocycles. The van der Waals surface area contributed by atoms with E-state index in [0.29, 0.717) is 0 Å². The zero-order valence-electron chi connectivity index (χ0n) is 17.5. The van der Waals surface area contributed by atoms with Crippen molar-refractivity contribution in [1.29, 1.82) is 0 Å². The van der Waals surface area contributed by atoms with Gasteiger partial charge in [-0.3, -0.25) is 0 Å². The fourth-order valence-electron chi connectivity index (χ4n) is 3.16. The molecular formula is C25H24IrN5. The Morgan fingerprint density at radius 1 is 0.710 bits per heavy atom. The number of hydrogen-bond acceptors (Lipinski definition) is 5. The number of benzene rings is 2. The normalized spacial score (nSPS) is 14.4. The van der Waals surface area contributed by atoms with Gasteiger partial charge in [-0.2, -0.15) is 13.3 Å². The number of nitrogens with zero attached hydrogens (tertiary/aromatic N) is 5. The fourth-order valence-corrected chi connectivity index (χ4v) is 3.16. The van der Waals surface area contributed by atoms with Gasteiger partial charge < -0.3 is 24.6 Å². The molecular weight excluding hydrogens is 563 g/mol. The zero-order chi connectivity index (χ0) is 20.8. The maximum absolute atomic E-state index is 4.22. The van der Waals surface area contributed by atoms with E-state index in [9.17, 15) is 0 Å². The predicted octanol–water partition coefficient (Wildman–Crippen LogP) is 4.92. The molecule has 0 spiro atoms. The molecule has 5 nitrogen and oxygen atoms in total. The first kappa shape index (κ1) is 22.6. The summed E-state index contributed by atoms with van der Waals surface area (Å²) in [6.45, 7) is 4.12. The van der Waals surface area contributed by atoms with Crippen LogP contribution >= 0.6 is 0 Å². The average molecular weight is 587 g/mol. The summed E-state index contributed by atoms with van der Waals surface area (Å²) in [6.07, 6.45) is 9.97. The van der Waals surface area contributed by atoms with Crippen molar-refractivity contribution >= 4 is 11.4 Å². The molecule has 0 amide bonds. The van der Waals surface area contributed by atoms with Crippen LogP contribution in [0, 0.1) is 19.4 Å². The Morgan fingerprint density at radius 2 is 1.29 bits per heavy atom. The molecule has 1 aromatic heterocycles. The number of para-hydroxylation sites is 2. The first-order chi connectivity index (χ1) is 14.7. The molecule has 2 aliphatic heterocycles. The Hall–Kier alpha value is -3.08. The zero-order valence-corrected chi connectivity index (χ0v) is 19.9. The minimum absolute atomic E-state index is 0. The van der Waals surface area contributed by atoms with E-state index in [0.717, 1.165) is 22.6 Å². The quantitative estimate of drug-likeness (QED) is 0.406. The van der Waals surface area contributed by atoms with E-state index in [4.69, 9.17) is 0 Å². The van der Waals surface area contributed by atoms with Gasteiger partial charge in [0.05, 0.1) is 0 Å². The Morgan fingerprint density at radius 3 is 1.74 bits per heavy atom. The number of rotatable bonds is 3. The molecule has 0 fully saturated rings. The van der Waals surface area contributed by atoms with Crippen LogP contribution in [0.3, 0.4) is 0 Å². The van der Waals surface area contributed by atoms with Gasteiger partial charge >= 0.3 is 20.1 Å². The van der Waals surface area contributed by atoms with E-state index >= 15 is 0 Å². The summed E-state index contributed by atoms with van der Waals surface area (Å²) in [5, 5.41) is 0. The summed E-state index contributed by atoms with van der Waals surface area (Å²) in [5.74, 6) is 0. The van der Waals surface area contributed by atoms with Crippen LogP contribution in [-0.2, 0) is 20.1 Å². The van der Waals surface area contributed by atoms with E-state index in [2.05, 4.69) is 70.9 Å². The topological polar surface area (TPSA) is 25.9 Å². The molecule has 5 rings (SSSR count). The van der Waals surface area contributed by atoms with Crippen molar-refractivity contribution in [3.8, 4) is 11.3 Å². The number of aromatic nitrogens is 1. The van der Waals surface area contributed by atoms with Gasteiger partial charge in [0.2, 0.25) is 0 Å². The Balaban J connectivity index is 0.000000183. The largest absolute Gasteiger partial charge is 3.00 e. The molecule has 3 heterocycles. The molecule has 2 aliphatic rings. The Bertz CT molecular complexity index is 924. The minimum atomic E-state index is 0. The number of anilines is 2. The van der Waals surface area contributed by atoms with Gasteiger partial charge in [-0.25, -0.2) is 0 Å². The van der Waals surface area contributed by atoms with Gasteiger partial charge in [0, 0.05) is 17.6 Å². The molecule has 0 radical (unpaired) electrons. The van der Waals surface area contributed by atoms with Gasteiger partial charge in [-0.1, -0.05) is 24.3 Å². The van der Waals surface area contributed by atoms with E-state index in [1.807, 2.05) is 78.8 Å². The average Bonchev–Trinajstić information content (AvgIpc) is 3.44. The van der Waals surface area contributed by atoms with E-state index in [1.54, 1.807) is 6.20 Å². The first-order valence-electron chi connectivity index (χ1n) is 9.75. The Kier molecular flexibility index (Phi) is 7.87. The van der Waals surface area contributed by atoms with Crippen LogP contribution in [-0.4, -0.2) is 28.9 Å². The van der Waals surface area contributed by atoms with Gasteiger partial charge in [0.1, 0.15) is 0 Å². The number of hydrogen-bond donors (Lipinski definition) is 0. The first-order valence-corrected chi connectivity index (χ1v) is 9.75. The molecule has 0 aliphatic carbocycles. The van der Waals surface area contributed by atoms with Gasteiger partial charge in [-0.15, -0.1) is 35.9 Å². The van der Waals surface area contributed by atoms with Crippen molar-refractivity contribution in [3.05, 3.63) is 117 Å². The molecule has 6 heteroatoms. The van der Waals surface area contributed by atoms with E-state index < -0.39 is 0 Å². The van der Waals surface area contributed by atoms with Crippen LogP contribution < -0.4 is 9.80 Å². The van der Waals surface area contributed by atoms with Gasteiger partial charge in [-0.05, 0) is 62.8 Å². The third kappa shape index (κ3) is 5.75. The van der Waals surface area contributed by atoms with Crippen molar-refractivity contribution in [3.63, 3.8) is 0 Å². The van der Waals surface area contributed by atoms with Crippen molar-refractivity contribution < 1.29 is 20.1 Å².